The third kappa shape index (κ3) is 3.26. The number of amides is 1. The van der Waals surface area contributed by atoms with Crippen LogP contribution in [0.5, 0.6) is 0 Å². The number of ether oxygens (including phenoxy) is 1. The Morgan fingerprint density at radius 3 is 2.72 bits per heavy atom. The van der Waals surface area contributed by atoms with Gasteiger partial charge in [0.25, 0.3) is 5.91 Å². The van der Waals surface area contributed by atoms with Crippen molar-refractivity contribution in [2.75, 3.05) is 26.0 Å². The van der Waals surface area contributed by atoms with E-state index in [4.69, 9.17) is 10.5 Å². The fraction of sp³-hybridized carbons (Fsp3) is 0.615. The van der Waals surface area contributed by atoms with Crippen molar-refractivity contribution >= 4 is 11.6 Å². The number of carbonyl (C=O) groups excluding carboxylic acids is 1. The smallest absolute Gasteiger partial charge is 0.270 e. The van der Waals surface area contributed by atoms with Crippen molar-refractivity contribution < 1.29 is 9.53 Å². The summed E-state index contributed by atoms with van der Waals surface area (Å²) in [5.41, 5.74) is 7.01. The Morgan fingerprint density at radius 1 is 1.56 bits per heavy atom. The Bertz CT molecular complexity index is 399. The van der Waals surface area contributed by atoms with Gasteiger partial charge < -0.3 is 19.9 Å². The first-order valence-electron chi connectivity index (χ1n) is 6.26. The van der Waals surface area contributed by atoms with E-state index in [2.05, 4.69) is 0 Å². The molecule has 0 aliphatic heterocycles. The second-order valence-electron chi connectivity index (χ2n) is 4.53. The van der Waals surface area contributed by atoms with Gasteiger partial charge in [0, 0.05) is 32.4 Å². The van der Waals surface area contributed by atoms with Crippen LogP contribution in [0.2, 0.25) is 0 Å². The quantitative estimate of drug-likeness (QED) is 0.837. The average molecular weight is 253 g/mol. The Balaban J connectivity index is 2.94. The number of carbonyl (C=O) groups is 1. The van der Waals surface area contributed by atoms with Crippen molar-refractivity contribution in [3.05, 3.63) is 18.0 Å². The topological polar surface area (TPSA) is 60.5 Å². The molecule has 18 heavy (non-hydrogen) atoms. The number of methoxy groups -OCH3 is 1. The summed E-state index contributed by atoms with van der Waals surface area (Å²) in [4.78, 5) is 14.3. The summed E-state index contributed by atoms with van der Waals surface area (Å²) in [6, 6.07) is 1.86. The maximum atomic E-state index is 12.5. The van der Waals surface area contributed by atoms with Gasteiger partial charge >= 0.3 is 0 Å². The minimum atomic E-state index is 0.000556. The third-order valence-electron chi connectivity index (χ3n) is 2.90. The van der Waals surface area contributed by atoms with Gasteiger partial charge in [-0.1, -0.05) is 0 Å². The maximum absolute atomic E-state index is 12.5. The van der Waals surface area contributed by atoms with Gasteiger partial charge in [0.2, 0.25) is 0 Å². The van der Waals surface area contributed by atoms with Crippen molar-refractivity contribution in [3.63, 3.8) is 0 Å². The number of rotatable bonds is 6. The van der Waals surface area contributed by atoms with Crippen molar-refractivity contribution in [3.8, 4) is 0 Å². The largest absolute Gasteiger partial charge is 0.397 e. The summed E-state index contributed by atoms with van der Waals surface area (Å²) >= 11 is 0. The molecule has 0 atom stereocenters. The lowest BCUT2D eigenvalue weighted by Gasteiger charge is -2.26. The zero-order valence-electron chi connectivity index (χ0n) is 11.6. The van der Waals surface area contributed by atoms with Crippen LogP contribution in [0.15, 0.2) is 12.3 Å². The lowest BCUT2D eigenvalue weighted by Crippen LogP contribution is -2.40. The molecular weight excluding hydrogens is 230 g/mol. The van der Waals surface area contributed by atoms with Crippen LogP contribution in [0.3, 0.4) is 0 Å². The Hall–Kier alpha value is -1.49. The van der Waals surface area contributed by atoms with Crippen LogP contribution in [0.1, 0.15) is 31.3 Å². The lowest BCUT2D eigenvalue weighted by molar-refractivity contribution is 0.0624. The fourth-order valence-electron chi connectivity index (χ4n) is 1.90. The van der Waals surface area contributed by atoms with E-state index in [-0.39, 0.29) is 11.9 Å². The second-order valence-corrected chi connectivity index (χ2v) is 4.53. The molecule has 0 saturated heterocycles. The van der Waals surface area contributed by atoms with Crippen LogP contribution in [0.25, 0.3) is 0 Å². The van der Waals surface area contributed by atoms with Gasteiger partial charge in [-0.25, -0.2) is 0 Å². The van der Waals surface area contributed by atoms with Crippen LogP contribution < -0.4 is 5.73 Å². The molecule has 1 rings (SSSR count). The molecule has 0 aromatic carbocycles. The number of nitrogens with zero attached hydrogens (tertiary/aromatic N) is 2. The highest BCUT2D eigenvalue weighted by Crippen LogP contribution is 2.14. The second kappa shape index (κ2) is 6.44. The molecule has 0 unspecified atom stereocenters. The molecule has 2 N–H and O–H groups in total. The lowest BCUT2D eigenvalue weighted by atomic mass is 10.2. The molecule has 1 amide bonds. The van der Waals surface area contributed by atoms with Gasteiger partial charge in [0.15, 0.2) is 0 Å². The molecule has 1 heterocycles. The van der Waals surface area contributed by atoms with Gasteiger partial charge in [-0.2, -0.15) is 0 Å². The molecule has 0 bridgehead atoms. The number of hydrogen-bond acceptors (Lipinski definition) is 3. The number of hydrogen-bond donors (Lipinski definition) is 1. The predicted molar refractivity (Wildman–Crippen MR) is 72.6 cm³/mol. The summed E-state index contributed by atoms with van der Waals surface area (Å²) in [5, 5.41) is 0. The van der Waals surface area contributed by atoms with Gasteiger partial charge in [-0.15, -0.1) is 0 Å². The Morgan fingerprint density at radius 2 is 2.22 bits per heavy atom. The minimum Gasteiger partial charge on any atom is -0.397 e. The summed E-state index contributed by atoms with van der Waals surface area (Å²) < 4.78 is 6.92. The third-order valence-corrected chi connectivity index (χ3v) is 2.90. The van der Waals surface area contributed by atoms with Gasteiger partial charge in [-0.3, -0.25) is 4.79 Å². The molecule has 5 nitrogen and oxygen atoms in total. The molecule has 0 spiro atoms. The number of aryl methyl sites for hydroxylation is 1. The van der Waals surface area contributed by atoms with E-state index >= 15 is 0 Å². The molecule has 0 saturated carbocycles. The highest BCUT2D eigenvalue weighted by molar-refractivity contribution is 5.94. The van der Waals surface area contributed by atoms with E-state index in [1.165, 1.54) is 0 Å². The Labute approximate surface area is 109 Å². The zero-order chi connectivity index (χ0) is 13.7. The monoisotopic (exact) mass is 253 g/mol. The first-order chi connectivity index (χ1) is 8.51. The first-order valence-corrected chi connectivity index (χ1v) is 6.26. The molecule has 0 radical (unpaired) electrons. The zero-order valence-corrected chi connectivity index (χ0v) is 11.6. The van der Waals surface area contributed by atoms with Crippen molar-refractivity contribution in [1.82, 2.24) is 9.47 Å². The Kier molecular flexibility index (Phi) is 5.22. The van der Waals surface area contributed by atoms with E-state index in [0.717, 1.165) is 6.54 Å². The number of aromatic nitrogens is 1. The molecule has 5 heteroatoms. The number of anilines is 1. The minimum absolute atomic E-state index is 0.000556. The van der Waals surface area contributed by atoms with E-state index in [9.17, 15) is 4.79 Å². The van der Waals surface area contributed by atoms with Crippen LogP contribution >= 0.6 is 0 Å². The molecular formula is C13H23N3O2. The summed E-state index contributed by atoms with van der Waals surface area (Å²) in [6.45, 7) is 7.83. The van der Waals surface area contributed by atoms with Gasteiger partial charge in [0.05, 0.1) is 12.3 Å². The molecule has 0 fully saturated rings. The van der Waals surface area contributed by atoms with Crippen molar-refractivity contribution in [2.45, 2.75) is 33.4 Å². The van der Waals surface area contributed by atoms with E-state index in [1.54, 1.807) is 24.3 Å². The first kappa shape index (κ1) is 14.6. The predicted octanol–water partition coefficient (Wildman–Crippen LogP) is 1.59. The SMILES string of the molecule is CCn1cc(N)cc1C(=O)N(CCOC)C(C)C. The summed E-state index contributed by atoms with van der Waals surface area (Å²) in [7, 11) is 1.63. The normalized spacial score (nSPS) is 10.9. The van der Waals surface area contributed by atoms with Gasteiger partial charge in [0.1, 0.15) is 5.69 Å². The standard InChI is InChI=1S/C13H23N3O2/c1-5-15-9-11(14)8-12(15)13(17)16(10(2)3)6-7-18-4/h8-10H,5-7,14H2,1-4H3. The molecule has 102 valence electrons. The van der Waals surface area contributed by atoms with Crippen molar-refractivity contribution in [1.29, 1.82) is 0 Å². The van der Waals surface area contributed by atoms with Crippen LogP contribution in [-0.2, 0) is 11.3 Å². The summed E-state index contributed by atoms with van der Waals surface area (Å²) in [6.07, 6.45) is 1.79. The van der Waals surface area contributed by atoms with Crippen LogP contribution in [-0.4, -0.2) is 41.7 Å². The van der Waals surface area contributed by atoms with Crippen molar-refractivity contribution in [2.24, 2.45) is 0 Å². The van der Waals surface area contributed by atoms with E-state index in [0.29, 0.717) is 24.5 Å². The summed E-state index contributed by atoms with van der Waals surface area (Å²) in [5.74, 6) is 0.000556. The van der Waals surface area contributed by atoms with Gasteiger partial charge in [-0.05, 0) is 26.8 Å². The number of nitrogens with two attached hydrogens (primary N) is 1. The van der Waals surface area contributed by atoms with Crippen LogP contribution in [0, 0.1) is 0 Å². The molecule has 0 aliphatic carbocycles. The highest BCUT2D eigenvalue weighted by atomic mass is 16.5. The fourth-order valence-corrected chi connectivity index (χ4v) is 1.90. The number of nitrogen functional groups attached to an aromatic ring is 1. The molecule has 0 aliphatic rings. The van der Waals surface area contributed by atoms with Crippen LogP contribution in [0.4, 0.5) is 5.69 Å². The van der Waals surface area contributed by atoms with E-state index < -0.39 is 0 Å². The van der Waals surface area contributed by atoms with E-state index in [1.807, 2.05) is 25.3 Å². The molecule has 1 aromatic rings. The highest BCUT2D eigenvalue weighted by Gasteiger charge is 2.21. The maximum Gasteiger partial charge on any atom is 0.270 e. The average Bonchev–Trinajstić information content (AvgIpc) is 2.70. The molecule has 1 aromatic heterocycles.